The van der Waals surface area contributed by atoms with E-state index in [4.69, 9.17) is 28.4 Å². The molecule has 0 fully saturated rings. The molecular weight excluding hydrogens is 580 g/mol. The Balaban J connectivity index is 1.93. The maximum Gasteiger partial charge on any atom is 0.333 e. The fourth-order valence-corrected chi connectivity index (χ4v) is 3.34. The summed E-state index contributed by atoms with van der Waals surface area (Å²) in [6.45, 7) is 19.8. The van der Waals surface area contributed by atoms with E-state index in [0.717, 1.165) is 11.1 Å². The van der Waals surface area contributed by atoms with E-state index in [1.165, 1.54) is 27.7 Å². The van der Waals surface area contributed by atoms with E-state index < -0.39 is 36.1 Å². The standard InChI is InChI=1S/C35H40O10/c1-22(2)32(36)42-20-30(44-34(38)24(5)6)18-40-28-13-9-26(10-14-28)17-27-11-15-29(16-12-27)41-19-31(45-35(39)25(7)8)21-43-33(37)23(3)4/h9-16,30-31H,1,3,5,7,17-21H2,2,4,6,8H3. The molecule has 10 nitrogen and oxygen atoms in total. The lowest BCUT2D eigenvalue weighted by Gasteiger charge is -2.19. The molecule has 0 amide bonds. The summed E-state index contributed by atoms with van der Waals surface area (Å²) in [4.78, 5) is 47.5. The highest BCUT2D eigenvalue weighted by atomic mass is 16.6. The Morgan fingerprint density at radius 3 is 1.11 bits per heavy atom. The first-order valence-electron chi connectivity index (χ1n) is 14.1. The molecule has 0 aromatic heterocycles. The minimum atomic E-state index is -0.835. The van der Waals surface area contributed by atoms with Crippen molar-refractivity contribution in [2.75, 3.05) is 26.4 Å². The molecule has 0 saturated carbocycles. The lowest BCUT2D eigenvalue weighted by atomic mass is 10.0. The van der Waals surface area contributed by atoms with Gasteiger partial charge in [-0.15, -0.1) is 0 Å². The van der Waals surface area contributed by atoms with Crippen LogP contribution in [0.25, 0.3) is 0 Å². The second-order valence-corrected chi connectivity index (χ2v) is 10.5. The lowest BCUT2D eigenvalue weighted by molar-refractivity contribution is -0.155. The Morgan fingerprint density at radius 2 is 0.822 bits per heavy atom. The van der Waals surface area contributed by atoms with E-state index in [-0.39, 0.29) is 48.7 Å². The quantitative estimate of drug-likeness (QED) is 0.124. The summed E-state index contributed by atoms with van der Waals surface area (Å²) in [5, 5.41) is 0. The molecule has 0 spiro atoms. The van der Waals surface area contributed by atoms with Crippen molar-refractivity contribution in [3.8, 4) is 11.5 Å². The van der Waals surface area contributed by atoms with Crippen LogP contribution < -0.4 is 9.47 Å². The third kappa shape index (κ3) is 13.4. The van der Waals surface area contributed by atoms with Gasteiger partial charge in [0, 0.05) is 22.3 Å². The highest BCUT2D eigenvalue weighted by Gasteiger charge is 2.20. The van der Waals surface area contributed by atoms with Gasteiger partial charge in [-0.25, -0.2) is 19.2 Å². The largest absolute Gasteiger partial charge is 0.490 e. The van der Waals surface area contributed by atoms with Crippen LogP contribution in [0.15, 0.2) is 97.1 Å². The molecule has 2 rings (SSSR count). The molecule has 240 valence electrons. The van der Waals surface area contributed by atoms with Crippen LogP contribution in [0.5, 0.6) is 11.5 Å². The average molecular weight is 621 g/mol. The number of ether oxygens (including phenoxy) is 6. The Bertz CT molecular complexity index is 1300. The van der Waals surface area contributed by atoms with Crippen LogP contribution in [-0.4, -0.2) is 62.5 Å². The number of carbonyl (C=O) groups excluding carboxylic acids is 4. The number of carbonyl (C=O) groups is 4. The number of esters is 4. The molecule has 0 N–H and O–H groups in total. The Kier molecular flexibility index (Phi) is 14.3. The summed E-state index contributed by atoms with van der Waals surface area (Å²) >= 11 is 0. The van der Waals surface area contributed by atoms with Crippen LogP contribution >= 0.6 is 0 Å². The van der Waals surface area contributed by atoms with Crippen LogP contribution in [0, 0.1) is 0 Å². The monoisotopic (exact) mass is 620 g/mol. The van der Waals surface area contributed by atoms with Gasteiger partial charge < -0.3 is 28.4 Å². The maximum absolute atomic E-state index is 12.0. The molecule has 2 atom stereocenters. The van der Waals surface area contributed by atoms with Gasteiger partial charge in [0.05, 0.1) is 0 Å². The first-order valence-corrected chi connectivity index (χ1v) is 14.1. The van der Waals surface area contributed by atoms with Gasteiger partial charge in [0.15, 0.2) is 12.2 Å². The summed E-state index contributed by atoms with van der Waals surface area (Å²) in [7, 11) is 0. The minimum Gasteiger partial charge on any atom is -0.490 e. The molecule has 2 unspecified atom stereocenters. The van der Waals surface area contributed by atoms with Gasteiger partial charge >= 0.3 is 23.9 Å². The van der Waals surface area contributed by atoms with Crippen molar-refractivity contribution in [3.63, 3.8) is 0 Å². The van der Waals surface area contributed by atoms with Crippen molar-refractivity contribution in [2.24, 2.45) is 0 Å². The van der Waals surface area contributed by atoms with Crippen LogP contribution in [0.1, 0.15) is 38.8 Å². The van der Waals surface area contributed by atoms with Crippen molar-refractivity contribution in [1.82, 2.24) is 0 Å². The molecule has 0 saturated heterocycles. The SMILES string of the molecule is C=C(C)C(=O)OCC(COc1ccc(Cc2ccc(OCC(COC(=O)C(=C)C)OC(=O)C(=C)C)cc2)cc1)OC(=O)C(=C)C. The molecule has 0 heterocycles. The van der Waals surface area contributed by atoms with Crippen LogP contribution in [0.4, 0.5) is 0 Å². The first kappa shape index (κ1) is 36.1. The van der Waals surface area contributed by atoms with Crippen LogP contribution in [-0.2, 0) is 44.5 Å². The van der Waals surface area contributed by atoms with Crippen molar-refractivity contribution in [1.29, 1.82) is 0 Å². The van der Waals surface area contributed by atoms with Gasteiger partial charge in [0.1, 0.15) is 37.9 Å². The molecule has 0 radical (unpaired) electrons. The summed E-state index contributed by atoms with van der Waals surface area (Å²) in [6, 6.07) is 14.8. The van der Waals surface area contributed by atoms with E-state index in [9.17, 15) is 19.2 Å². The highest BCUT2D eigenvalue weighted by molar-refractivity contribution is 5.88. The summed E-state index contributed by atoms with van der Waals surface area (Å²) in [5.74, 6) is -1.33. The van der Waals surface area contributed by atoms with Gasteiger partial charge in [0.2, 0.25) is 0 Å². The zero-order chi connectivity index (χ0) is 33.5. The average Bonchev–Trinajstić information content (AvgIpc) is 3.00. The van der Waals surface area contributed by atoms with Crippen LogP contribution in [0.2, 0.25) is 0 Å². The molecule has 0 bridgehead atoms. The number of benzene rings is 2. The summed E-state index contributed by atoms with van der Waals surface area (Å²) < 4.78 is 32.5. The van der Waals surface area contributed by atoms with Crippen molar-refractivity contribution in [2.45, 2.75) is 46.3 Å². The van der Waals surface area contributed by atoms with Crippen molar-refractivity contribution in [3.05, 3.63) is 108 Å². The van der Waals surface area contributed by atoms with Crippen molar-refractivity contribution < 1.29 is 47.6 Å². The van der Waals surface area contributed by atoms with E-state index in [2.05, 4.69) is 26.3 Å². The summed E-state index contributed by atoms with van der Waals surface area (Å²) in [6.07, 6.45) is -1.04. The third-order valence-electron chi connectivity index (χ3n) is 5.87. The molecule has 0 aliphatic carbocycles. The van der Waals surface area contributed by atoms with Gasteiger partial charge in [-0.1, -0.05) is 50.6 Å². The number of hydrogen-bond acceptors (Lipinski definition) is 10. The molecule has 0 aliphatic rings. The highest BCUT2D eigenvalue weighted by Crippen LogP contribution is 2.19. The zero-order valence-electron chi connectivity index (χ0n) is 26.2. The van der Waals surface area contributed by atoms with E-state index >= 15 is 0 Å². The smallest absolute Gasteiger partial charge is 0.333 e. The lowest BCUT2D eigenvalue weighted by Crippen LogP contribution is -2.31. The van der Waals surface area contributed by atoms with Gasteiger partial charge in [-0.05, 0) is 69.5 Å². The molecule has 10 heteroatoms. The second kappa shape index (κ2) is 17.9. The third-order valence-corrected chi connectivity index (χ3v) is 5.87. The van der Waals surface area contributed by atoms with E-state index in [1.54, 1.807) is 24.3 Å². The van der Waals surface area contributed by atoms with Crippen molar-refractivity contribution >= 4 is 23.9 Å². The maximum atomic E-state index is 12.0. The molecule has 2 aromatic carbocycles. The Labute approximate surface area is 263 Å². The molecule has 45 heavy (non-hydrogen) atoms. The first-order chi connectivity index (χ1) is 21.2. The Hall–Kier alpha value is -5.12. The fourth-order valence-electron chi connectivity index (χ4n) is 3.34. The Morgan fingerprint density at radius 1 is 0.511 bits per heavy atom. The predicted molar refractivity (Wildman–Crippen MR) is 168 cm³/mol. The minimum absolute atomic E-state index is 0.0348. The second-order valence-electron chi connectivity index (χ2n) is 10.5. The van der Waals surface area contributed by atoms with Gasteiger partial charge in [0.25, 0.3) is 0 Å². The molecule has 0 aliphatic heterocycles. The zero-order valence-corrected chi connectivity index (χ0v) is 26.2. The van der Waals surface area contributed by atoms with E-state index in [0.29, 0.717) is 17.9 Å². The normalized spacial score (nSPS) is 11.6. The fraction of sp³-hybridized carbons (Fsp3) is 0.314. The summed E-state index contributed by atoms with van der Waals surface area (Å²) in [5.41, 5.74) is 2.92. The van der Waals surface area contributed by atoms with Gasteiger partial charge in [-0.2, -0.15) is 0 Å². The van der Waals surface area contributed by atoms with Gasteiger partial charge in [-0.3, -0.25) is 0 Å². The predicted octanol–water partition coefficient (Wildman–Crippen LogP) is 5.25. The number of rotatable bonds is 18. The number of hydrogen-bond donors (Lipinski definition) is 0. The topological polar surface area (TPSA) is 124 Å². The molecular formula is C35H40O10. The van der Waals surface area contributed by atoms with E-state index in [1.807, 2.05) is 24.3 Å². The molecule has 2 aromatic rings. The van der Waals surface area contributed by atoms with Crippen LogP contribution in [0.3, 0.4) is 0 Å².